The summed E-state index contributed by atoms with van der Waals surface area (Å²) >= 11 is 0. The van der Waals surface area contributed by atoms with Crippen LogP contribution in [0, 0.1) is 0 Å². The van der Waals surface area contributed by atoms with Gasteiger partial charge in [-0.15, -0.1) is 0 Å². The van der Waals surface area contributed by atoms with Gasteiger partial charge in [-0.05, 0) is 35.9 Å². The average Bonchev–Trinajstić information content (AvgIpc) is 3.18. The molecule has 1 fully saturated rings. The van der Waals surface area contributed by atoms with E-state index in [1.54, 1.807) is 13.3 Å². The fourth-order valence-corrected chi connectivity index (χ4v) is 4.30. The topological polar surface area (TPSA) is 70.9 Å². The van der Waals surface area contributed by atoms with Crippen LogP contribution in [-0.2, 0) is 11.2 Å². The van der Waals surface area contributed by atoms with Crippen LogP contribution in [0.15, 0.2) is 78.1 Å². The van der Waals surface area contributed by atoms with Crippen molar-refractivity contribution in [3.63, 3.8) is 0 Å². The molecule has 7 nitrogen and oxygen atoms in total. The summed E-state index contributed by atoms with van der Waals surface area (Å²) in [4.78, 5) is 31.1. The van der Waals surface area contributed by atoms with Gasteiger partial charge >= 0.3 is 0 Å². The average molecular weight is 454 g/mol. The van der Waals surface area contributed by atoms with Gasteiger partial charge in [0.05, 0.1) is 31.3 Å². The lowest BCUT2D eigenvalue weighted by molar-refractivity contribution is -0.131. The molecular formula is C27H27N5O2. The monoisotopic (exact) mass is 453 g/mol. The number of benzene rings is 1. The molecule has 0 N–H and O–H groups in total. The van der Waals surface area contributed by atoms with Crippen LogP contribution in [-0.4, -0.2) is 71.3 Å². The van der Waals surface area contributed by atoms with Gasteiger partial charge < -0.3 is 14.5 Å². The fraction of sp³-hybridized carbons (Fsp3) is 0.259. The molecule has 0 unspecified atom stereocenters. The first-order valence-corrected chi connectivity index (χ1v) is 11.5. The number of carbonyl (C=O) groups excluding carboxylic acids is 1. The molecule has 172 valence electrons. The number of ether oxygens (including phenoxy) is 1. The van der Waals surface area contributed by atoms with E-state index < -0.39 is 0 Å². The van der Waals surface area contributed by atoms with Gasteiger partial charge in [0.15, 0.2) is 0 Å². The summed E-state index contributed by atoms with van der Waals surface area (Å²) in [5.74, 6) is 1.90. The molecule has 0 bridgehead atoms. The van der Waals surface area contributed by atoms with Crippen molar-refractivity contribution in [2.24, 2.45) is 4.99 Å². The third-order valence-corrected chi connectivity index (χ3v) is 6.20. The van der Waals surface area contributed by atoms with Gasteiger partial charge in [-0.3, -0.25) is 19.8 Å². The first-order valence-electron chi connectivity index (χ1n) is 11.5. The molecule has 0 saturated carbocycles. The van der Waals surface area contributed by atoms with Crippen LogP contribution in [0.25, 0.3) is 22.0 Å². The zero-order valence-electron chi connectivity index (χ0n) is 19.2. The normalized spacial score (nSPS) is 15.9. The number of pyridine rings is 2. The van der Waals surface area contributed by atoms with E-state index in [4.69, 9.17) is 9.72 Å². The third kappa shape index (κ3) is 4.69. The van der Waals surface area contributed by atoms with E-state index >= 15 is 0 Å². The fourth-order valence-electron chi connectivity index (χ4n) is 4.30. The van der Waals surface area contributed by atoms with Crippen molar-refractivity contribution in [1.82, 2.24) is 19.8 Å². The molecule has 3 aromatic rings. The zero-order valence-corrected chi connectivity index (χ0v) is 19.2. The Morgan fingerprint density at radius 2 is 1.82 bits per heavy atom. The number of allylic oxidation sites excluding steroid dienone is 2. The Morgan fingerprint density at radius 1 is 1.00 bits per heavy atom. The molecule has 4 heterocycles. The Hall–Kier alpha value is -4.00. The van der Waals surface area contributed by atoms with Crippen LogP contribution >= 0.6 is 0 Å². The minimum absolute atomic E-state index is 0.103. The van der Waals surface area contributed by atoms with Crippen molar-refractivity contribution in [2.45, 2.75) is 6.42 Å². The first-order chi connectivity index (χ1) is 16.7. The van der Waals surface area contributed by atoms with Gasteiger partial charge in [-0.1, -0.05) is 30.4 Å². The largest absolute Gasteiger partial charge is 0.497 e. The lowest BCUT2D eigenvalue weighted by atomic mass is 10.0. The van der Waals surface area contributed by atoms with Gasteiger partial charge in [-0.25, -0.2) is 0 Å². The number of carbonyl (C=O) groups is 1. The SMILES string of the molecule is COc1ccc(-c2cncc3ccc(CC(=O)N4CCN(C5=NCC=CC=C5)CC4)nc23)cc1. The van der Waals surface area contributed by atoms with Crippen molar-refractivity contribution >= 4 is 22.6 Å². The highest BCUT2D eigenvalue weighted by atomic mass is 16.5. The number of hydrogen-bond acceptors (Lipinski definition) is 6. The Balaban J connectivity index is 1.29. The molecule has 0 spiro atoms. The predicted octanol–water partition coefficient (Wildman–Crippen LogP) is 3.52. The van der Waals surface area contributed by atoms with Gasteiger partial charge in [-0.2, -0.15) is 0 Å². The number of rotatable bonds is 4. The lowest BCUT2D eigenvalue weighted by Gasteiger charge is -2.36. The first kappa shape index (κ1) is 21.8. The quantitative estimate of drug-likeness (QED) is 0.605. The van der Waals surface area contributed by atoms with Crippen LogP contribution in [0.5, 0.6) is 5.75 Å². The van der Waals surface area contributed by atoms with Gasteiger partial charge in [0.2, 0.25) is 5.91 Å². The van der Waals surface area contributed by atoms with Crippen molar-refractivity contribution < 1.29 is 9.53 Å². The van der Waals surface area contributed by atoms with Gasteiger partial charge in [0.25, 0.3) is 0 Å². The van der Waals surface area contributed by atoms with E-state index in [-0.39, 0.29) is 12.3 Å². The molecule has 0 radical (unpaired) electrons. The number of amides is 1. The Bertz CT molecular complexity index is 1270. The van der Waals surface area contributed by atoms with E-state index in [1.165, 1.54) is 0 Å². The molecule has 0 aliphatic carbocycles. The van der Waals surface area contributed by atoms with E-state index in [2.05, 4.69) is 14.9 Å². The van der Waals surface area contributed by atoms with Crippen LogP contribution in [0.4, 0.5) is 0 Å². The van der Waals surface area contributed by atoms with Crippen molar-refractivity contribution in [3.05, 3.63) is 78.8 Å². The summed E-state index contributed by atoms with van der Waals surface area (Å²) in [5.41, 5.74) is 3.57. The number of methoxy groups -OCH3 is 1. The summed E-state index contributed by atoms with van der Waals surface area (Å²) in [6.07, 6.45) is 12.0. The van der Waals surface area contributed by atoms with Crippen LogP contribution in [0.3, 0.4) is 0 Å². The second-order valence-electron chi connectivity index (χ2n) is 8.32. The van der Waals surface area contributed by atoms with Crippen LogP contribution in [0.1, 0.15) is 5.69 Å². The Morgan fingerprint density at radius 3 is 2.62 bits per heavy atom. The van der Waals surface area contributed by atoms with Crippen molar-refractivity contribution in [1.29, 1.82) is 0 Å². The van der Waals surface area contributed by atoms with Crippen LogP contribution in [0.2, 0.25) is 0 Å². The number of amidine groups is 1. The highest BCUT2D eigenvalue weighted by Gasteiger charge is 2.23. The Labute approximate surface area is 199 Å². The predicted molar refractivity (Wildman–Crippen MR) is 134 cm³/mol. The molecule has 34 heavy (non-hydrogen) atoms. The molecule has 1 aromatic carbocycles. The molecule has 0 atom stereocenters. The van der Waals surface area contributed by atoms with E-state index in [0.29, 0.717) is 19.6 Å². The highest BCUT2D eigenvalue weighted by Crippen LogP contribution is 2.28. The minimum Gasteiger partial charge on any atom is -0.497 e. The van der Waals surface area contributed by atoms with Crippen molar-refractivity contribution in [3.8, 4) is 16.9 Å². The molecule has 7 heteroatoms. The summed E-state index contributed by atoms with van der Waals surface area (Å²) in [6.45, 7) is 3.64. The van der Waals surface area contributed by atoms with E-state index in [0.717, 1.165) is 52.4 Å². The second kappa shape index (κ2) is 9.87. The number of nitrogens with zero attached hydrogens (tertiary/aromatic N) is 5. The summed E-state index contributed by atoms with van der Waals surface area (Å²) < 4.78 is 5.27. The molecule has 2 aliphatic heterocycles. The summed E-state index contributed by atoms with van der Waals surface area (Å²) in [6, 6.07) is 11.8. The second-order valence-corrected chi connectivity index (χ2v) is 8.32. The maximum Gasteiger partial charge on any atom is 0.228 e. The maximum atomic E-state index is 13.1. The third-order valence-electron chi connectivity index (χ3n) is 6.20. The van der Waals surface area contributed by atoms with Crippen LogP contribution < -0.4 is 4.74 Å². The molecule has 2 aliphatic rings. The molecular weight excluding hydrogens is 426 g/mol. The van der Waals surface area contributed by atoms with E-state index in [1.807, 2.05) is 71.8 Å². The summed E-state index contributed by atoms with van der Waals surface area (Å²) in [5, 5.41) is 0.949. The summed E-state index contributed by atoms with van der Waals surface area (Å²) in [7, 11) is 1.65. The highest BCUT2D eigenvalue weighted by molar-refractivity contribution is 5.94. The number of piperazine rings is 1. The molecule has 1 amide bonds. The maximum absolute atomic E-state index is 13.1. The standard InChI is InChI=1S/C27H27N5O2/c1-34-23-10-7-20(8-11-23)24-19-28-18-21-6-9-22(30-27(21)24)17-26(33)32-15-13-31(14-16-32)25-5-3-2-4-12-29-25/h2-11,18-19H,12-17H2,1H3. The smallest absolute Gasteiger partial charge is 0.228 e. The number of aliphatic imine (C=N–C) groups is 1. The van der Waals surface area contributed by atoms with Gasteiger partial charge in [0, 0.05) is 49.5 Å². The lowest BCUT2D eigenvalue weighted by Crippen LogP contribution is -2.50. The molecule has 2 aromatic heterocycles. The number of aromatic nitrogens is 2. The zero-order chi connectivity index (χ0) is 23.3. The Kier molecular flexibility index (Phi) is 6.33. The molecule has 5 rings (SSSR count). The molecule has 1 saturated heterocycles. The minimum atomic E-state index is 0.103. The van der Waals surface area contributed by atoms with Gasteiger partial charge in [0.1, 0.15) is 11.6 Å². The van der Waals surface area contributed by atoms with E-state index in [9.17, 15) is 4.79 Å². The number of fused-ring (bicyclic) bond motifs is 1. The number of hydrogen-bond donors (Lipinski definition) is 0. The van der Waals surface area contributed by atoms with Crippen molar-refractivity contribution in [2.75, 3.05) is 39.8 Å².